The molecule has 3 rings (SSSR count). The van der Waals surface area contributed by atoms with Crippen LogP contribution in [-0.4, -0.2) is 44.2 Å². The van der Waals surface area contributed by atoms with Gasteiger partial charge in [-0.25, -0.2) is 4.39 Å². The molecule has 1 fully saturated rings. The van der Waals surface area contributed by atoms with Crippen LogP contribution < -0.4 is 9.47 Å². The molecule has 0 aromatic heterocycles. The average Bonchev–Trinajstić information content (AvgIpc) is 2.66. The normalized spacial score (nSPS) is 19.9. The molecular weight excluding hydrogens is 337 g/mol. The van der Waals surface area contributed by atoms with Crippen LogP contribution in [0.25, 0.3) is 0 Å². The fraction of sp³-hybridized carbons (Fsp3) is 0.350. The van der Waals surface area contributed by atoms with Gasteiger partial charge in [-0.15, -0.1) is 0 Å². The van der Waals surface area contributed by atoms with Gasteiger partial charge in [0.2, 0.25) is 0 Å². The first-order chi connectivity index (χ1) is 12.5. The fourth-order valence-corrected chi connectivity index (χ4v) is 3.13. The van der Waals surface area contributed by atoms with E-state index in [1.807, 2.05) is 6.92 Å². The van der Waals surface area contributed by atoms with Gasteiger partial charge in [0.1, 0.15) is 11.9 Å². The lowest BCUT2D eigenvalue weighted by Gasteiger charge is -2.37. The van der Waals surface area contributed by atoms with Crippen molar-refractivity contribution in [1.82, 2.24) is 4.90 Å². The van der Waals surface area contributed by atoms with Crippen molar-refractivity contribution >= 4 is 5.91 Å². The molecule has 0 aliphatic carbocycles. The number of carbonyl (C=O) groups is 1. The Morgan fingerprint density at radius 3 is 2.42 bits per heavy atom. The van der Waals surface area contributed by atoms with Crippen LogP contribution >= 0.6 is 0 Å². The first kappa shape index (κ1) is 18.2. The van der Waals surface area contributed by atoms with Crippen molar-refractivity contribution in [2.75, 3.05) is 27.3 Å². The average molecular weight is 359 g/mol. The Morgan fingerprint density at radius 2 is 1.77 bits per heavy atom. The molecule has 1 saturated heterocycles. The monoisotopic (exact) mass is 359 g/mol. The summed E-state index contributed by atoms with van der Waals surface area (Å²) in [5.74, 6) is 0.683. The fourth-order valence-electron chi connectivity index (χ4n) is 3.13. The lowest BCUT2D eigenvalue weighted by atomic mass is 10.1. The van der Waals surface area contributed by atoms with Crippen molar-refractivity contribution in [1.29, 1.82) is 0 Å². The zero-order valence-electron chi connectivity index (χ0n) is 15.1. The van der Waals surface area contributed by atoms with E-state index in [4.69, 9.17) is 14.2 Å². The van der Waals surface area contributed by atoms with Crippen LogP contribution in [0.1, 0.15) is 28.9 Å². The molecule has 0 spiro atoms. The molecule has 2 atom stereocenters. The number of hydrogen-bond donors (Lipinski definition) is 0. The Kier molecular flexibility index (Phi) is 5.42. The van der Waals surface area contributed by atoms with Gasteiger partial charge in [-0.1, -0.05) is 12.1 Å². The minimum absolute atomic E-state index is 0.104. The third-order valence-corrected chi connectivity index (χ3v) is 4.42. The minimum Gasteiger partial charge on any atom is -0.493 e. The van der Waals surface area contributed by atoms with Crippen LogP contribution in [0.3, 0.4) is 0 Å². The van der Waals surface area contributed by atoms with Gasteiger partial charge in [0.25, 0.3) is 5.91 Å². The number of methoxy groups -OCH3 is 2. The second kappa shape index (κ2) is 7.74. The van der Waals surface area contributed by atoms with Gasteiger partial charge in [0.15, 0.2) is 11.5 Å². The Bertz CT molecular complexity index is 778. The molecule has 2 aromatic rings. The quantitative estimate of drug-likeness (QED) is 0.839. The van der Waals surface area contributed by atoms with Gasteiger partial charge >= 0.3 is 0 Å². The summed E-state index contributed by atoms with van der Waals surface area (Å²) in [4.78, 5) is 14.7. The molecule has 6 heteroatoms. The maximum atomic E-state index is 13.2. The number of rotatable bonds is 4. The van der Waals surface area contributed by atoms with E-state index in [9.17, 15) is 9.18 Å². The van der Waals surface area contributed by atoms with E-state index in [0.29, 0.717) is 30.2 Å². The van der Waals surface area contributed by atoms with E-state index in [0.717, 1.165) is 5.56 Å². The van der Waals surface area contributed by atoms with Gasteiger partial charge in [-0.3, -0.25) is 4.79 Å². The number of ether oxygens (including phenoxy) is 3. The maximum absolute atomic E-state index is 13.2. The van der Waals surface area contributed by atoms with Crippen molar-refractivity contribution in [3.05, 3.63) is 59.4 Å². The predicted octanol–water partition coefficient (Wildman–Crippen LogP) is 3.45. The number of benzene rings is 2. The number of amides is 1. The molecule has 1 amide bonds. The molecule has 0 bridgehead atoms. The van der Waals surface area contributed by atoms with Crippen LogP contribution in [0.2, 0.25) is 0 Å². The first-order valence-corrected chi connectivity index (χ1v) is 8.44. The summed E-state index contributed by atoms with van der Waals surface area (Å²) in [6.45, 7) is 2.82. The number of carbonyl (C=O) groups excluding carboxylic acids is 1. The zero-order chi connectivity index (χ0) is 18.7. The molecule has 0 radical (unpaired) electrons. The maximum Gasteiger partial charge on any atom is 0.254 e. The van der Waals surface area contributed by atoms with E-state index in [1.165, 1.54) is 19.2 Å². The van der Waals surface area contributed by atoms with E-state index in [1.54, 1.807) is 42.3 Å². The summed E-state index contributed by atoms with van der Waals surface area (Å²) in [5.41, 5.74) is 1.37. The molecule has 0 N–H and O–H groups in total. The molecule has 2 unspecified atom stereocenters. The van der Waals surface area contributed by atoms with Crippen LogP contribution in [-0.2, 0) is 4.74 Å². The summed E-state index contributed by atoms with van der Waals surface area (Å²) in [5, 5.41) is 0. The number of hydrogen-bond acceptors (Lipinski definition) is 4. The Hall–Kier alpha value is -2.60. The molecular formula is C20H22FNO4. The van der Waals surface area contributed by atoms with E-state index in [2.05, 4.69) is 0 Å². The Balaban J connectivity index is 1.81. The predicted molar refractivity (Wildman–Crippen MR) is 95.1 cm³/mol. The highest BCUT2D eigenvalue weighted by Crippen LogP contribution is 2.30. The number of halogens is 1. The Morgan fingerprint density at radius 1 is 1.08 bits per heavy atom. The van der Waals surface area contributed by atoms with Gasteiger partial charge in [-0.2, -0.15) is 0 Å². The minimum atomic E-state index is -0.295. The molecule has 1 aliphatic rings. The van der Waals surface area contributed by atoms with E-state index in [-0.39, 0.29) is 23.9 Å². The third-order valence-electron chi connectivity index (χ3n) is 4.42. The van der Waals surface area contributed by atoms with Crippen molar-refractivity contribution in [3.63, 3.8) is 0 Å². The molecule has 2 aromatic carbocycles. The summed E-state index contributed by atoms with van der Waals surface area (Å²) in [7, 11) is 3.09. The molecule has 1 heterocycles. The molecule has 138 valence electrons. The molecule has 26 heavy (non-hydrogen) atoms. The highest BCUT2D eigenvalue weighted by molar-refractivity contribution is 5.95. The zero-order valence-corrected chi connectivity index (χ0v) is 15.1. The topological polar surface area (TPSA) is 48.0 Å². The largest absolute Gasteiger partial charge is 0.493 e. The SMILES string of the molecule is COc1ccc(C(=O)N2CC(C)OC(c3ccc(F)cc3)C2)cc1OC. The van der Waals surface area contributed by atoms with E-state index >= 15 is 0 Å². The highest BCUT2D eigenvalue weighted by Gasteiger charge is 2.30. The second-order valence-electron chi connectivity index (χ2n) is 6.27. The van der Waals surface area contributed by atoms with Crippen molar-refractivity contribution in [3.8, 4) is 11.5 Å². The van der Waals surface area contributed by atoms with Crippen LogP contribution in [0.15, 0.2) is 42.5 Å². The van der Waals surface area contributed by atoms with Crippen LogP contribution in [0, 0.1) is 5.82 Å². The highest BCUT2D eigenvalue weighted by atomic mass is 19.1. The van der Waals surface area contributed by atoms with E-state index < -0.39 is 0 Å². The van der Waals surface area contributed by atoms with Crippen LogP contribution in [0.5, 0.6) is 11.5 Å². The first-order valence-electron chi connectivity index (χ1n) is 8.44. The second-order valence-corrected chi connectivity index (χ2v) is 6.27. The van der Waals surface area contributed by atoms with Gasteiger partial charge < -0.3 is 19.1 Å². The molecule has 5 nitrogen and oxygen atoms in total. The standard InChI is InChI=1S/C20H22FNO4/c1-13-11-22(12-19(26-13)14-4-7-16(21)8-5-14)20(23)15-6-9-17(24-2)18(10-15)25-3/h4-10,13,19H,11-12H2,1-3H3. The van der Waals surface area contributed by atoms with Crippen molar-refractivity contribution in [2.24, 2.45) is 0 Å². The van der Waals surface area contributed by atoms with Crippen molar-refractivity contribution < 1.29 is 23.4 Å². The van der Waals surface area contributed by atoms with Gasteiger partial charge in [-0.05, 0) is 42.8 Å². The summed E-state index contributed by atoms with van der Waals surface area (Å²) >= 11 is 0. The van der Waals surface area contributed by atoms with Crippen molar-refractivity contribution in [2.45, 2.75) is 19.1 Å². The lowest BCUT2D eigenvalue weighted by Crippen LogP contribution is -2.46. The Labute approximate surface area is 152 Å². The summed E-state index contributed by atoms with van der Waals surface area (Å²) in [6.07, 6.45) is -0.411. The summed E-state index contributed by atoms with van der Waals surface area (Å²) < 4.78 is 29.6. The lowest BCUT2D eigenvalue weighted by molar-refractivity contribution is -0.0692. The molecule has 0 saturated carbocycles. The number of morpholine rings is 1. The van der Waals surface area contributed by atoms with Gasteiger partial charge in [0.05, 0.1) is 26.9 Å². The number of nitrogens with zero attached hydrogens (tertiary/aromatic N) is 1. The van der Waals surface area contributed by atoms with Gasteiger partial charge in [0, 0.05) is 12.1 Å². The molecule has 1 aliphatic heterocycles. The third kappa shape index (κ3) is 3.80. The van der Waals surface area contributed by atoms with Crippen LogP contribution in [0.4, 0.5) is 4.39 Å². The smallest absolute Gasteiger partial charge is 0.254 e. The summed E-state index contributed by atoms with van der Waals surface area (Å²) in [6, 6.07) is 11.3.